The fourth-order valence-electron chi connectivity index (χ4n) is 5.04. The average Bonchev–Trinajstić information content (AvgIpc) is 2.82. The van der Waals surface area contributed by atoms with Gasteiger partial charge in [-0.15, -0.1) is 0 Å². The molecule has 0 unspecified atom stereocenters. The van der Waals surface area contributed by atoms with Crippen molar-refractivity contribution in [3.63, 3.8) is 0 Å². The number of hydrogen-bond acceptors (Lipinski definition) is 1. The smallest absolute Gasteiger partial charge is 0.190 e. The van der Waals surface area contributed by atoms with Crippen molar-refractivity contribution in [1.29, 1.82) is 0 Å². The van der Waals surface area contributed by atoms with Crippen LogP contribution in [0.4, 0.5) is 8.78 Å². The van der Waals surface area contributed by atoms with Gasteiger partial charge in [-0.2, -0.15) is 0 Å². The van der Waals surface area contributed by atoms with Gasteiger partial charge in [-0.1, -0.05) is 61.5 Å². The summed E-state index contributed by atoms with van der Waals surface area (Å²) >= 11 is 0. The minimum Gasteiger partial charge on any atom is -0.488 e. The van der Waals surface area contributed by atoms with E-state index in [1.807, 2.05) is 0 Å². The van der Waals surface area contributed by atoms with Gasteiger partial charge in [0, 0.05) is 0 Å². The standard InChI is InChI=1S/C29H32F2O/c1-3-32-29-27(30)18-26(19-28(29)31)25-15-13-24(14-16-25)23-11-9-21(10-12-23)17-20(2)22-7-5-4-6-8-22/h4-12,18-20,24-25H,3,13-17H2,1-2H3/t20-,24?,25?/m1/s1. The van der Waals surface area contributed by atoms with Crippen molar-refractivity contribution >= 4 is 0 Å². The molecule has 1 aliphatic rings. The molecule has 0 radical (unpaired) electrons. The number of halogens is 2. The SMILES string of the molecule is CCOc1c(F)cc(C2CCC(c3ccc(C[C@@H](C)c4ccccc4)cc3)CC2)cc1F. The average molecular weight is 435 g/mol. The van der Waals surface area contributed by atoms with Crippen LogP contribution in [0.5, 0.6) is 5.75 Å². The second kappa shape index (κ2) is 10.3. The molecule has 3 aromatic rings. The molecule has 0 aromatic heterocycles. The normalized spacial score (nSPS) is 19.5. The quantitative estimate of drug-likeness (QED) is 0.364. The minimum absolute atomic E-state index is 0.205. The van der Waals surface area contributed by atoms with E-state index in [4.69, 9.17) is 4.74 Å². The molecule has 3 aromatic carbocycles. The number of benzene rings is 3. The molecule has 0 heterocycles. The highest BCUT2D eigenvalue weighted by molar-refractivity contribution is 5.34. The van der Waals surface area contributed by atoms with Gasteiger partial charge >= 0.3 is 0 Å². The summed E-state index contributed by atoms with van der Waals surface area (Å²) in [7, 11) is 0. The van der Waals surface area contributed by atoms with E-state index in [1.165, 1.54) is 28.8 Å². The van der Waals surface area contributed by atoms with E-state index < -0.39 is 11.6 Å². The number of ether oxygens (including phenoxy) is 1. The van der Waals surface area contributed by atoms with E-state index in [0.717, 1.165) is 37.7 Å². The molecule has 0 spiro atoms. The zero-order chi connectivity index (χ0) is 22.5. The third-order valence-corrected chi connectivity index (χ3v) is 6.87. The highest BCUT2D eigenvalue weighted by atomic mass is 19.1. The van der Waals surface area contributed by atoms with Crippen LogP contribution in [0, 0.1) is 11.6 Å². The molecule has 0 N–H and O–H groups in total. The van der Waals surface area contributed by atoms with E-state index in [1.54, 1.807) is 6.92 Å². The van der Waals surface area contributed by atoms with E-state index in [0.29, 0.717) is 11.8 Å². The van der Waals surface area contributed by atoms with Crippen LogP contribution >= 0.6 is 0 Å². The second-order valence-electron chi connectivity index (χ2n) is 9.05. The molecule has 1 saturated carbocycles. The molecule has 0 aliphatic heterocycles. The first-order valence-corrected chi connectivity index (χ1v) is 11.8. The lowest BCUT2D eigenvalue weighted by Gasteiger charge is -2.29. The molecule has 32 heavy (non-hydrogen) atoms. The van der Waals surface area contributed by atoms with Crippen molar-refractivity contribution < 1.29 is 13.5 Å². The monoisotopic (exact) mass is 434 g/mol. The van der Waals surface area contributed by atoms with Gasteiger partial charge in [-0.3, -0.25) is 0 Å². The molecule has 1 fully saturated rings. The molecule has 3 heteroatoms. The lowest BCUT2D eigenvalue weighted by atomic mass is 9.76. The molecule has 0 saturated heterocycles. The lowest BCUT2D eigenvalue weighted by Crippen LogP contribution is -2.13. The zero-order valence-corrected chi connectivity index (χ0v) is 19.0. The molecule has 1 atom stereocenters. The molecule has 168 valence electrons. The molecule has 1 nitrogen and oxygen atoms in total. The first-order chi connectivity index (χ1) is 15.5. The summed E-state index contributed by atoms with van der Waals surface area (Å²) in [5.74, 6) is -0.228. The van der Waals surface area contributed by atoms with Gasteiger partial charge < -0.3 is 4.74 Å². The van der Waals surface area contributed by atoms with Crippen LogP contribution < -0.4 is 4.74 Å². The Morgan fingerprint density at radius 1 is 0.812 bits per heavy atom. The Labute approximate surface area is 190 Å². The Hall–Kier alpha value is -2.68. The Balaban J connectivity index is 1.35. The molecule has 4 rings (SSSR count). The van der Waals surface area contributed by atoms with Crippen molar-refractivity contribution in [2.24, 2.45) is 0 Å². The van der Waals surface area contributed by atoms with Crippen molar-refractivity contribution in [3.8, 4) is 5.75 Å². The van der Waals surface area contributed by atoms with Crippen LogP contribution in [0.1, 0.15) is 79.5 Å². The lowest BCUT2D eigenvalue weighted by molar-refractivity contribution is 0.301. The highest BCUT2D eigenvalue weighted by Gasteiger charge is 2.25. The van der Waals surface area contributed by atoms with E-state index in [9.17, 15) is 8.78 Å². The van der Waals surface area contributed by atoms with Crippen LogP contribution in [0.15, 0.2) is 66.7 Å². The third-order valence-electron chi connectivity index (χ3n) is 6.87. The van der Waals surface area contributed by atoms with E-state index >= 15 is 0 Å². The van der Waals surface area contributed by atoms with Crippen LogP contribution in [0.3, 0.4) is 0 Å². The van der Waals surface area contributed by atoms with Crippen LogP contribution in [-0.2, 0) is 6.42 Å². The van der Waals surface area contributed by atoms with E-state index in [2.05, 4.69) is 61.5 Å². The number of rotatable bonds is 7. The van der Waals surface area contributed by atoms with Crippen LogP contribution in [-0.4, -0.2) is 6.61 Å². The molecule has 0 amide bonds. The summed E-state index contributed by atoms with van der Waals surface area (Å²) in [6.45, 7) is 4.25. The summed E-state index contributed by atoms with van der Waals surface area (Å²) in [6.07, 6.45) is 5.02. The highest BCUT2D eigenvalue weighted by Crippen LogP contribution is 2.41. The first kappa shape index (κ1) is 22.5. The van der Waals surface area contributed by atoms with Crippen molar-refractivity contribution in [3.05, 3.63) is 101 Å². The van der Waals surface area contributed by atoms with E-state index in [-0.39, 0.29) is 18.3 Å². The number of hydrogen-bond donors (Lipinski definition) is 0. The van der Waals surface area contributed by atoms with Gasteiger partial charge in [0.25, 0.3) is 0 Å². The maximum Gasteiger partial charge on any atom is 0.190 e. The summed E-state index contributed by atoms with van der Waals surface area (Å²) < 4.78 is 33.6. The van der Waals surface area contributed by atoms with Crippen molar-refractivity contribution in [2.75, 3.05) is 6.61 Å². The largest absolute Gasteiger partial charge is 0.488 e. The maximum atomic E-state index is 14.3. The summed E-state index contributed by atoms with van der Waals surface area (Å²) in [5.41, 5.74) is 4.87. The predicted molar refractivity (Wildman–Crippen MR) is 126 cm³/mol. The minimum atomic E-state index is -0.593. The fourth-order valence-corrected chi connectivity index (χ4v) is 5.04. The van der Waals surface area contributed by atoms with Crippen molar-refractivity contribution in [2.45, 2.75) is 63.7 Å². The predicted octanol–water partition coefficient (Wildman–Crippen LogP) is 8.15. The summed E-state index contributed by atoms with van der Waals surface area (Å²) in [5, 5.41) is 0. The topological polar surface area (TPSA) is 9.23 Å². The van der Waals surface area contributed by atoms with Gasteiger partial charge in [0.1, 0.15) is 0 Å². The van der Waals surface area contributed by atoms with Crippen molar-refractivity contribution in [1.82, 2.24) is 0 Å². The van der Waals surface area contributed by atoms with Gasteiger partial charge in [0.05, 0.1) is 6.61 Å². The molecule has 1 aliphatic carbocycles. The van der Waals surface area contributed by atoms with Gasteiger partial charge in [0.15, 0.2) is 17.4 Å². The zero-order valence-electron chi connectivity index (χ0n) is 19.0. The molecule has 0 bridgehead atoms. The maximum absolute atomic E-state index is 14.3. The Morgan fingerprint density at radius 3 is 1.94 bits per heavy atom. The first-order valence-electron chi connectivity index (χ1n) is 11.8. The summed E-state index contributed by atoms with van der Waals surface area (Å²) in [6, 6.07) is 22.6. The molecular formula is C29H32F2O. The van der Waals surface area contributed by atoms with Crippen LogP contribution in [0.2, 0.25) is 0 Å². The second-order valence-corrected chi connectivity index (χ2v) is 9.05. The van der Waals surface area contributed by atoms with Gasteiger partial charge in [-0.05, 0) is 91.2 Å². The fraction of sp³-hybridized carbons (Fsp3) is 0.379. The van der Waals surface area contributed by atoms with Crippen LogP contribution in [0.25, 0.3) is 0 Å². The summed E-state index contributed by atoms with van der Waals surface area (Å²) in [4.78, 5) is 0. The van der Waals surface area contributed by atoms with Gasteiger partial charge in [0.2, 0.25) is 0 Å². The third kappa shape index (κ3) is 5.20. The molecular weight excluding hydrogens is 402 g/mol. The Kier molecular flexibility index (Phi) is 7.24. The van der Waals surface area contributed by atoms with Gasteiger partial charge in [-0.25, -0.2) is 8.78 Å². The Bertz CT molecular complexity index is 982. The Morgan fingerprint density at radius 2 is 1.38 bits per heavy atom.